The summed E-state index contributed by atoms with van der Waals surface area (Å²) in [5.41, 5.74) is 2.08. The summed E-state index contributed by atoms with van der Waals surface area (Å²) in [5, 5.41) is 3.02. The minimum atomic E-state index is -0.195. The Morgan fingerprint density at radius 2 is 1.88 bits per heavy atom. The molecule has 0 radical (unpaired) electrons. The van der Waals surface area contributed by atoms with Crippen molar-refractivity contribution >= 4 is 5.91 Å². The molecule has 1 amide bonds. The Balaban J connectivity index is 1.64. The second kappa shape index (κ2) is 6.21. The van der Waals surface area contributed by atoms with Gasteiger partial charge in [-0.1, -0.05) is 30.5 Å². The van der Waals surface area contributed by atoms with Crippen LogP contribution in [-0.4, -0.2) is 32.7 Å². The first-order chi connectivity index (χ1) is 12.0. The van der Waals surface area contributed by atoms with Crippen molar-refractivity contribution in [3.63, 3.8) is 0 Å². The SMILES string of the molecule is Cc1ccc(-n2[nH]c(C(=O)N3[C@H](C)C[C@@H]4CCCC[C@H]43)cc2=O)cc1. The number of nitrogens with zero attached hydrogens (tertiary/aromatic N) is 2. The number of hydrogen-bond donors (Lipinski definition) is 1. The first-order valence-corrected chi connectivity index (χ1v) is 9.26. The van der Waals surface area contributed by atoms with Gasteiger partial charge in [0.15, 0.2) is 0 Å². The summed E-state index contributed by atoms with van der Waals surface area (Å²) >= 11 is 0. The average Bonchev–Trinajstić information content (AvgIpc) is 3.14. The van der Waals surface area contributed by atoms with Gasteiger partial charge in [-0.15, -0.1) is 0 Å². The molecule has 5 heteroatoms. The molecule has 2 aromatic rings. The summed E-state index contributed by atoms with van der Waals surface area (Å²) < 4.78 is 1.45. The van der Waals surface area contributed by atoms with E-state index in [0.29, 0.717) is 17.7 Å². The van der Waals surface area contributed by atoms with E-state index in [9.17, 15) is 9.59 Å². The zero-order chi connectivity index (χ0) is 17.6. The normalized spacial score (nSPS) is 25.8. The molecule has 3 atom stereocenters. The minimum Gasteiger partial charge on any atom is -0.331 e. The molecule has 0 unspecified atom stereocenters. The maximum Gasteiger partial charge on any atom is 0.272 e. The van der Waals surface area contributed by atoms with Crippen molar-refractivity contribution in [3.05, 3.63) is 51.9 Å². The monoisotopic (exact) mass is 339 g/mol. The Morgan fingerprint density at radius 3 is 2.64 bits per heavy atom. The molecule has 25 heavy (non-hydrogen) atoms. The van der Waals surface area contributed by atoms with Crippen LogP contribution in [0.4, 0.5) is 0 Å². The molecule has 1 aliphatic carbocycles. The van der Waals surface area contributed by atoms with E-state index in [2.05, 4.69) is 12.0 Å². The maximum absolute atomic E-state index is 13.1. The highest BCUT2D eigenvalue weighted by Crippen LogP contribution is 2.40. The summed E-state index contributed by atoms with van der Waals surface area (Å²) in [6.07, 6.45) is 5.86. The molecule has 1 saturated heterocycles. The van der Waals surface area contributed by atoms with Gasteiger partial charge in [0.2, 0.25) is 0 Å². The number of hydrogen-bond acceptors (Lipinski definition) is 2. The summed E-state index contributed by atoms with van der Waals surface area (Å²) in [7, 11) is 0. The van der Waals surface area contributed by atoms with Gasteiger partial charge in [0, 0.05) is 18.2 Å². The first-order valence-electron chi connectivity index (χ1n) is 9.26. The van der Waals surface area contributed by atoms with Gasteiger partial charge in [-0.05, 0) is 51.2 Å². The lowest BCUT2D eigenvalue weighted by Crippen LogP contribution is -2.42. The first kappa shape index (κ1) is 16.2. The fraction of sp³-hybridized carbons (Fsp3) is 0.500. The van der Waals surface area contributed by atoms with Crippen molar-refractivity contribution in [2.24, 2.45) is 5.92 Å². The molecule has 5 nitrogen and oxygen atoms in total. The molecule has 1 saturated carbocycles. The quantitative estimate of drug-likeness (QED) is 0.913. The maximum atomic E-state index is 13.1. The van der Waals surface area contributed by atoms with Crippen LogP contribution < -0.4 is 5.56 Å². The molecule has 2 heterocycles. The number of H-pyrrole nitrogens is 1. The van der Waals surface area contributed by atoms with Crippen LogP contribution in [-0.2, 0) is 0 Å². The highest BCUT2D eigenvalue weighted by molar-refractivity contribution is 5.93. The molecule has 2 fully saturated rings. The number of nitrogens with one attached hydrogen (secondary N) is 1. The molecule has 1 aromatic heterocycles. The van der Waals surface area contributed by atoms with E-state index in [1.807, 2.05) is 36.1 Å². The van der Waals surface area contributed by atoms with Crippen molar-refractivity contribution < 1.29 is 4.79 Å². The van der Waals surface area contributed by atoms with Crippen LogP contribution >= 0.6 is 0 Å². The Morgan fingerprint density at radius 1 is 1.16 bits per heavy atom. The molecule has 1 aliphatic heterocycles. The van der Waals surface area contributed by atoms with Gasteiger partial charge in [-0.2, -0.15) is 0 Å². The zero-order valence-electron chi connectivity index (χ0n) is 14.9. The molecule has 132 valence electrons. The summed E-state index contributed by atoms with van der Waals surface area (Å²) in [6, 6.07) is 9.70. The van der Waals surface area contributed by atoms with E-state index >= 15 is 0 Å². The van der Waals surface area contributed by atoms with Crippen LogP contribution in [0.15, 0.2) is 35.1 Å². The summed E-state index contributed by atoms with van der Waals surface area (Å²) in [5.74, 6) is 0.587. The number of rotatable bonds is 2. The van der Waals surface area contributed by atoms with Crippen LogP contribution in [0.1, 0.15) is 55.1 Å². The lowest BCUT2D eigenvalue weighted by Gasteiger charge is -2.32. The number of benzene rings is 1. The zero-order valence-corrected chi connectivity index (χ0v) is 14.9. The fourth-order valence-corrected chi connectivity index (χ4v) is 4.59. The number of aromatic amines is 1. The third-order valence-corrected chi connectivity index (χ3v) is 5.82. The van der Waals surface area contributed by atoms with Crippen molar-refractivity contribution in [3.8, 4) is 5.69 Å². The van der Waals surface area contributed by atoms with Crippen molar-refractivity contribution in [1.29, 1.82) is 0 Å². The van der Waals surface area contributed by atoms with Crippen molar-refractivity contribution in [2.75, 3.05) is 0 Å². The highest BCUT2D eigenvalue weighted by Gasteiger charge is 2.43. The Labute approximate surface area is 147 Å². The predicted octanol–water partition coefficient (Wildman–Crippen LogP) is 3.27. The van der Waals surface area contributed by atoms with E-state index in [1.54, 1.807) is 0 Å². The Kier molecular flexibility index (Phi) is 4.02. The molecule has 0 bridgehead atoms. The van der Waals surface area contributed by atoms with Crippen LogP contribution in [0.2, 0.25) is 0 Å². The van der Waals surface area contributed by atoms with Gasteiger partial charge in [-0.25, -0.2) is 4.68 Å². The molecule has 2 aliphatic rings. The lowest BCUT2D eigenvalue weighted by atomic mass is 9.85. The molecule has 0 spiro atoms. The number of likely N-dealkylation sites (tertiary alicyclic amines) is 1. The van der Waals surface area contributed by atoms with E-state index < -0.39 is 0 Å². The molecular formula is C20H25N3O2. The molecular weight excluding hydrogens is 314 g/mol. The number of carbonyl (C=O) groups excluding carboxylic acids is 1. The molecule has 1 aromatic carbocycles. The number of carbonyl (C=O) groups is 1. The van der Waals surface area contributed by atoms with E-state index in [-0.39, 0.29) is 17.5 Å². The summed E-state index contributed by atoms with van der Waals surface area (Å²) in [4.78, 5) is 27.5. The van der Waals surface area contributed by atoms with Crippen LogP contribution in [0.25, 0.3) is 5.69 Å². The van der Waals surface area contributed by atoms with Gasteiger partial charge in [-0.3, -0.25) is 14.7 Å². The average molecular weight is 339 g/mol. The van der Waals surface area contributed by atoms with Crippen LogP contribution in [0, 0.1) is 12.8 Å². The minimum absolute atomic E-state index is 0.0372. The van der Waals surface area contributed by atoms with E-state index in [1.165, 1.54) is 30.0 Å². The van der Waals surface area contributed by atoms with E-state index in [4.69, 9.17) is 0 Å². The largest absolute Gasteiger partial charge is 0.331 e. The number of amides is 1. The lowest BCUT2D eigenvalue weighted by molar-refractivity contribution is 0.0627. The van der Waals surface area contributed by atoms with Gasteiger partial charge >= 0.3 is 0 Å². The summed E-state index contributed by atoms with van der Waals surface area (Å²) in [6.45, 7) is 4.14. The second-order valence-electron chi connectivity index (χ2n) is 7.59. The second-order valence-corrected chi connectivity index (χ2v) is 7.59. The van der Waals surface area contributed by atoms with Gasteiger partial charge < -0.3 is 4.90 Å². The van der Waals surface area contributed by atoms with Crippen molar-refractivity contribution in [2.45, 2.75) is 58.0 Å². The van der Waals surface area contributed by atoms with E-state index in [0.717, 1.165) is 24.1 Å². The number of aryl methyl sites for hydroxylation is 1. The fourth-order valence-electron chi connectivity index (χ4n) is 4.59. The van der Waals surface area contributed by atoms with Crippen LogP contribution in [0.5, 0.6) is 0 Å². The van der Waals surface area contributed by atoms with Crippen molar-refractivity contribution in [1.82, 2.24) is 14.7 Å². The smallest absolute Gasteiger partial charge is 0.272 e. The van der Waals surface area contributed by atoms with Gasteiger partial charge in [0.05, 0.1) is 5.69 Å². The predicted molar refractivity (Wildman–Crippen MR) is 97.1 cm³/mol. The number of fused-ring (bicyclic) bond motifs is 1. The number of aromatic nitrogens is 2. The topological polar surface area (TPSA) is 58.1 Å². The van der Waals surface area contributed by atoms with Gasteiger partial charge in [0.1, 0.15) is 5.69 Å². The standard InChI is InChI=1S/C20H25N3O2/c1-13-7-9-16(10-8-13)23-19(24)12-17(21-23)20(25)22-14(2)11-15-5-3-4-6-18(15)22/h7-10,12,14-15,18,21H,3-6,11H2,1-2H3/t14-,15+,18-/m1/s1. The van der Waals surface area contributed by atoms with Gasteiger partial charge in [0.25, 0.3) is 11.5 Å². The molecule has 1 N–H and O–H groups in total. The molecule has 4 rings (SSSR count). The third kappa shape index (κ3) is 2.81. The Hall–Kier alpha value is -2.30. The third-order valence-electron chi connectivity index (χ3n) is 5.82. The Bertz CT molecular complexity index is 833. The highest BCUT2D eigenvalue weighted by atomic mass is 16.2. The van der Waals surface area contributed by atoms with Crippen LogP contribution in [0.3, 0.4) is 0 Å².